The molecule has 0 N–H and O–H groups in total. The van der Waals surface area contributed by atoms with Crippen molar-refractivity contribution in [1.29, 1.82) is 0 Å². The minimum absolute atomic E-state index is 0.220. The molecule has 2 aromatic heterocycles. The average Bonchev–Trinajstić information content (AvgIpc) is 2.80. The van der Waals surface area contributed by atoms with Gasteiger partial charge >= 0.3 is 0 Å². The van der Waals surface area contributed by atoms with E-state index in [-0.39, 0.29) is 5.38 Å². The Labute approximate surface area is 127 Å². The van der Waals surface area contributed by atoms with Crippen LogP contribution in [0.4, 0.5) is 0 Å². The normalized spacial score (nSPS) is 12.8. The quantitative estimate of drug-likeness (QED) is 0.643. The maximum atomic E-state index is 6.28. The molecule has 0 fully saturated rings. The summed E-state index contributed by atoms with van der Waals surface area (Å²) in [7, 11) is 0. The highest BCUT2D eigenvalue weighted by molar-refractivity contribution is 6.30. The first-order chi connectivity index (χ1) is 9.58. The van der Waals surface area contributed by atoms with Crippen LogP contribution in [0.1, 0.15) is 23.7 Å². The summed E-state index contributed by atoms with van der Waals surface area (Å²) >= 11 is 12.4. The van der Waals surface area contributed by atoms with Crippen molar-refractivity contribution in [1.82, 2.24) is 14.5 Å². The molecule has 0 aliphatic heterocycles. The molecule has 1 aromatic carbocycles. The van der Waals surface area contributed by atoms with Crippen LogP contribution in [-0.2, 0) is 0 Å². The van der Waals surface area contributed by atoms with Crippen molar-refractivity contribution >= 4 is 34.4 Å². The lowest BCUT2D eigenvalue weighted by atomic mass is 10.2. The van der Waals surface area contributed by atoms with E-state index in [1.165, 1.54) is 0 Å². The highest BCUT2D eigenvalue weighted by atomic mass is 35.5. The minimum Gasteiger partial charge on any atom is -0.279 e. The van der Waals surface area contributed by atoms with E-state index in [2.05, 4.69) is 9.97 Å². The maximum absolute atomic E-state index is 6.28. The lowest BCUT2D eigenvalue weighted by Gasteiger charge is -2.10. The Balaban J connectivity index is 2.38. The Morgan fingerprint density at radius 2 is 2.05 bits per heavy atom. The van der Waals surface area contributed by atoms with Gasteiger partial charge < -0.3 is 0 Å². The van der Waals surface area contributed by atoms with Gasteiger partial charge in [0.1, 0.15) is 11.3 Å². The molecule has 0 saturated carbocycles. The standard InChI is InChI=1S/C15H13Cl2N3/c1-9-6-7-18-15-13(9)19-14(10(2)16)20(15)12-5-3-4-11(17)8-12/h3-8,10H,1-2H3. The monoisotopic (exact) mass is 305 g/mol. The van der Waals surface area contributed by atoms with Gasteiger partial charge in [-0.1, -0.05) is 17.7 Å². The van der Waals surface area contributed by atoms with Gasteiger partial charge in [0.05, 0.1) is 11.1 Å². The van der Waals surface area contributed by atoms with Crippen LogP contribution in [0.3, 0.4) is 0 Å². The van der Waals surface area contributed by atoms with Gasteiger partial charge in [-0.2, -0.15) is 0 Å². The van der Waals surface area contributed by atoms with Crippen molar-refractivity contribution in [3.05, 3.63) is 52.9 Å². The zero-order valence-electron chi connectivity index (χ0n) is 11.1. The summed E-state index contributed by atoms with van der Waals surface area (Å²) in [4.78, 5) is 9.09. The minimum atomic E-state index is -0.220. The van der Waals surface area contributed by atoms with E-state index in [0.29, 0.717) is 5.02 Å². The second kappa shape index (κ2) is 5.08. The fourth-order valence-electron chi connectivity index (χ4n) is 2.25. The van der Waals surface area contributed by atoms with E-state index in [4.69, 9.17) is 23.2 Å². The Morgan fingerprint density at radius 3 is 2.75 bits per heavy atom. The first-order valence-electron chi connectivity index (χ1n) is 6.32. The number of nitrogens with zero attached hydrogens (tertiary/aromatic N) is 3. The summed E-state index contributed by atoms with van der Waals surface area (Å²) < 4.78 is 1.96. The molecule has 3 nitrogen and oxygen atoms in total. The van der Waals surface area contributed by atoms with Gasteiger partial charge in [0.15, 0.2) is 5.65 Å². The van der Waals surface area contributed by atoms with Crippen LogP contribution < -0.4 is 0 Å². The zero-order chi connectivity index (χ0) is 14.3. The molecule has 0 radical (unpaired) electrons. The number of fused-ring (bicyclic) bond motifs is 1. The first-order valence-corrected chi connectivity index (χ1v) is 7.13. The summed E-state index contributed by atoms with van der Waals surface area (Å²) in [5, 5.41) is 0.452. The molecule has 1 unspecified atom stereocenters. The lowest BCUT2D eigenvalue weighted by molar-refractivity contribution is 0.877. The van der Waals surface area contributed by atoms with E-state index in [0.717, 1.165) is 28.2 Å². The molecule has 0 aliphatic rings. The number of aromatic nitrogens is 3. The highest BCUT2D eigenvalue weighted by Gasteiger charge is 2.18. The van der Waals surface area contributed by atoms with Crippen LogP contribution in [0.5, 0.6) is 0 Å². The van der Waals surface area contributed by atoms with Crippen LogP contribution in [0.15, 0.2) is 36.5 Å². The molecule has 102 valence electrons. The Kier molecular flexibility index (Phi) is 3.40. The topological polar surface area (TPSA) is 30.7 Å². The maximum Gasteiger partial charge on any atom is 0.164 e. The smallest absolute Gasteiger partial charge is 0.164 e. The predicted octanol–water partition coefficient (Wildman–Crippen LogP) is 4.68. The molecular formula is C15H13Cl2N3. The van der Waals surface area contributed by atoms with Crippen molar-refractivity contribution in [2.75, 3.05) is 0 Å². The molecule has 5 heteroatoms. The van der Waals surface area contributed by atoms with Crippen LogP contribution in [-0.4, -0.2) is 14.5 Å². The number of aryl methyl sites for hydroxylation is 1. The van der Waals surface area contributed by atoms with Gasteiger partial charge in [0.25, 0.3) is 0 Å². The van der Waals surface area contributed by atoms with Crippen LogP contribution in [0.2, 0.25) is 5.02 Å². The van der Waals surface area contributed by atoms with Gasteiger partial charge in [0.2, 0.25) is 0 Å². The molecule has 0 spiro atoms. The number of halogens is 2. The fourth-order valence-corrected chi connectivity index (χ4v) is 2.58. The predicted molar refractivity (Wildman–Crippen MR) is 82.9 cm³/mol. The number of hydrogen-bond acceptors (Lipinski definition) is 2. The van der Waals surface area contributed by atoms with Crippen molar-refractivity contribution in [2.24, 2.45) is 0 Å². The summed E-state index contributed by atoms with van der Waals surface area (Å²) in [6.07, 6.45) is 1.78. The van der Waals surface area contributed by atoms with Crippen LogP contribution in [0.25, 0.3) is 16.9 Å². The van der Waals surface area contributed by atoms with E-state index in [9.17, 15) is 0 Å². The van der Waals surface area contributed by atoms with E-state index in [1.54, 1.807) is 6.20 Å². The average molecular weight is 306 g/mol. The van der Waals surface area contributed by atoms with E-state index >= 15 is 0 Å². The number of pyridine rings is 1. The summed E-state index contributed by atoms with van der Waals surface area (Å²) in [5.74, 6) is 0.769. The van der Waals surface area contributed by atoms with Gasteiger partial charge in [-0.15, -0.1) is 11.6 Å². The molecule has 20 heavy (non-hydrogen) atoms. The van der Waals surface area contributed by atoms with E-state index < -0.39 is 0 Å². The second-order valence-electron chi connectivity index (χ2n) is 4.70. The van der Waals surface area contributed by atoms with Gasteiger partial charge in [0, 0.05) is 11.2 Å². The number of hydrogen-bond donors (Lipinski definition) is 0. The molecule has 0 aliphatic carbocycles. The van der Waals surface area contributed by atoms with Crippen molar-refractivity contribution in [3.8, 4) is 5.69 Å². The number of rotatable bonds is 2. The second-order valence-corrected chi connectivity index (χ2v) is 5.79. The molecular weight excluding hydrogens is 293 g/mol. The van der Waals surface area contributed by atoms with Gasteiger partial charge in [-0.25, -0.2) is 9.97 Å². The van der Waals surface area contributed by atoms with Crippen molar-refractivity contribution in [2.45, 2.75) is 19.2 Å². The number of alkyl halides is 1. The molecule has 0 saturated heterocycles. The fraction of sp³-hybridized carbons (Fsp3) is 0.200. The number of benzene rings is 1. The molecule has 0 bridgehead atoms. The third kappa shape index (κ3) is 2.17. The van der Waals surface area contributed by atoms with E-state index in [1.807, 2.05) is 48.7 Å². The SMILES string of the molecule is Cc1ccnc2c1nc(C(C)Cl)n2-c1cccc(Cl)c1. The molecule has 2 heterocycles. The molecule has 1 atom stereocenters. The first kappa shape index (κ1) is 13.4. The molecule has 0 amide bonds. The van der Waals surface area contributed by atoms with Crippen molar-refractivity contribution in [3.63, 3.8) is 0 Å². The summed E-state index contributed by atoms with van der Waals surface area (Å²) in [5.41, 5.74) is 3.67. The van der Waals surface area contributed by atoms with Crippen LogP contribution in [0, 0.1) is 6.92 Å². The Morgan fingerprint density at radius 1 is 1.25 bits per heavy atom. The third-order valence-corrected chi connectivity index (χ3v) is 3.63. The lowest BCUT2D eigenvalue weighted by Crippen LogP contribution is -2.02. The zero-order valence-corrected chi connectivity index (χ0v) is 12.7. The Hall–Kier alpha value is -1.58. The van der Waals surface area contributed by atoms with Crippen molar-refractivity contribution < 1.29 is 0 Å². The summed E-state index contributed by atoms with van der Waals surface area (Å²) in [6, 6.07) is 9.55. The highest BCUT2D eigenvalue weighted by Crippen LogP contribution is 2.29. The Bertz CT molecular complexity index is 778. The molecule has 3 aromatic rings. The largest absolute Gasteiger partial charge is 0.279 e. The number of imidazole rings is 1. The third-order valence-electron chi connectivity index (χ3n) is 3.20. The van der Waals surface area contributed by atoms with Gasteiger partial charge in [-0.05, 0) is 43.7 Å². The van der Waals surface area contributed by atoms with Gasteiger partial charge in [-0.3, -0.25) is 4.57 Å². The van der Waals surface area contributed by atoms with Crippen LogP contribution >= 0.6 is 23.2 Å². The summed E-state index contributed by atoms with van der Waals surface area (Å²) in [6.45, 7) is 3.92. The molecule has 3 rings (SSSR count).